The van der Waals surface area contributed by atoms with Gasteiger partial charge in [0.15, 0.2) is 0 Å². The molecule has 0 amide bonds. The van der Waals surface area contributed by atoms with E-state index in [1.807, 2.05) is 0 Å². The van der Waals surface area contributed by atoms with E-state index in [9.17, 15) is 0 Å². The summed E-state index contributed by atoms with van der Waals surface area (Å²) in [6.45, 7) is 6.62. The van der Waals surface area contributed by atoms with Gasteiger partial charge in [0.2, 0.25) is 0 Å². The maximum atomic E-state index is 6.55. The van der Waals surface area contributed by atoms with Crippen LogP contribution in [0.5, 0.6) is 5.75 Å². The summed E-state index contributed by atoms with van der Waals surface area (Å²) >= 11 is 0. The predicted molar refractivity (Wildman–Crippen MR) is 135 cm³/mol. The highest BCUT2D eigenvalue weighted by atomic mass is 16.6. The van der Waals surface area contributed by atoms with Gasteiger partial charge in [-0.05, 0) is 158 Å². The molecule has 2 heteroatoms. The zero-order valence-electron chi connectivity index (χ0n) is 21.5. The number of epoxide rings is 1. The minimum absolute atomic E-state index is 0.329. The molecule has 2 nitrogen and oxygen atoms in total. The molecule has 1 heterocycles. The summed E-state index contributed by atoms with van der Waals surface area (Å²) in [5.41, 5.74) is 6.14. The molecule has 1 aliphatic heterocycles. The van der Waals surface area contributed by atoms with Crippen LogP contribution in [0.15, 0.2) is 12.1 Å². The standard InChI is InChI=1S/C32H44O2/c1-19(2)30-28(31-11-20-3-21(12-31)5-22(4-20)13-31)9-26(33-17-27-18-34-27)10-29(30)32-14-23-6-24(15-32)8-25(7-23)16-32/h9-10,19-25,27H,3-8,11-18H2,1-2H3. The predicted octanol–water partition coefficient (Wildman–Crippen LogP) is 7.52. The largest absolute Gasteiger partial charge is 0.491 e. The summed E-state index contributed by atoms with van der Waals surface area (Å²) in [5, 5.41) is 0. The van der Waals surface area contributed by atoms with Gasteiger partial charge in [-0.15, -0.1) is 0 Å². The molecule has 0 N–H and O–H groups in total. The van der Waals surface area contributed by atoms with E-state index in [-0.39, 0.29) is 0 Å². The average molecular weight is 461 g/mol. The van der Waals surface area contributed by atoms with Gasteiger partial charge in [-0.2, -0.15) is 0 Å². The maximum absolute atomic E-state index is 6.55. The van der Waals surface area contributed by atoms with Crippen molar-refractivity contribution < 1.29 is 9.47 Å². The Balaban J connectivity index is 1.29. The first-order valence-electron chi connectivity index (χ1n) is 14.9. The number of hydrogen-bond acceptors (Lipinski definition) is 2. The van der Waals surface area contributed by atoms with Gasteiger partial charge < -0.3 is 9.47 Å². The zero-order chi connectivity index (χ0) is 22.7. The van der Waals surface area contributed by atoms with Crippen LogP contribution < -0.4 is 4.74 Å². The molecule has 34 heavy (non-hydrogen) atoms. The molecule has 0 aromatic heterocycles. The SMILES string of the molecule is CC(C)c1c(C23CC4CC(CC(C4)C2)C3)cc(OCC2CO2)cc1C12CC3CC(CC(C3)C1)C2. The van der Waals surface area contributed by atoms with Gasteiger partial charge in [0.05, 0.1) is 6.61 Å². The molecule has 1 aromatic carbocycles. The van der Waals surface area contributed by atoms with Gasteiger partial charge in [-0.3, -0.25) is 0 Å². The van der Waals surface area contributed by atoms with E-state index in [0.717, 1.165) is 48.7 Å². The third-order valence-electron chi connectivity index (χ3n) is 11.8. The van der Waals surface area contributed by atoms with Gasteiger partial charge in [0.25, 0.3) is 0 Å². The second-order valence-electron chi connectivity index (χ2n) is 14.7. The Morgan fingerprint density at radius 2 is 1.12 bits per heavy atom. The van der Waals surface area contributed by atoms with Gasteiger partial charge in [0, 0.05) is 0 Å². The highest BCUT2D eigenvalue weighted by molar-refractivity contribution is 5.52. The molecule has 9 aliphatic rings. The topological polar surface area (TPSA) is 21.8 Å². The first-order chi connectivity index (χ1) is 16.5. The molecule has 1 saturated heterocycles. The van der Waals surface area contributed by atoms with Gasteiger partial charge in [-0.25, -0.2) is 0 Å². The lowest BCUT2D eigenvalue weighted by Gasteiger charge is -2.59. The Morgan fingerprint density at radius 3 is 1.44 bits per heavy atom. The summed E-state index contributed by atoms with van der Waals surface area (Å²) in [4.78, 5) is 0. The Labute approximate surface area is 206 Å². The van der Waals surface area contributed by atoms with Crippen LogP contribution in [0, 0.1) is 35.5 Å². The van der Waals surface area contributed by atoms with Gasteiger partial charge in [-0.1, -0.05) is 13.8 Å². The Hall–Kier alpha value is -1.02. The summed E-state index contributed by atoms with van der Waals surface area (Å²) in [5.74, 6) is 7.69. The summed E-state index contributed by atoms with van der Waals surface area (Å²) in [6.07, 6.45) is 18.2. The third-order valence-corrected chi connectivity index (χ3v) is 11.8. The molecule has 1 aromatic rings. The summed E-state index contributed by atoms with van der Waals surface area (Å²) in [7, 11) is 0. The molecule has 1 atom stereocenters. The quantitative estimate of drug-likeness (QED) is 0.409. The molecule has 9 fully saturated rings. The molecule has 184 valence electrons. The first-order valence-corrected chi connectivity index (χ1v) is 14.9. The average Bonchev–Trinajstić information content (AvgIpc) is 3.60. The summed E-state index contributed by atoms with van der Waals surface area (Å²) < 4.78 is 12.1. The van der Waals surface area contributed by atoms with Gasteiger partial charge >= 0.3 is 0 Å². The van der Waals surface area contributed by atoms with Crippen molar-refractivity contribution >= 4 is 0 Å². The van der Waals surface area contributed by atoms with Crippen LogP contribution in [-0.2, 0) is 15.6 Å². The van der Waals surface area contributed by atoms with E-state index >= 15 is 0 Å². The highest BCUT2D eigenvalue weighted by Crippen LogP contribution is 2.65. The monoisotopic (exact) mass is 460 g/mol. The van der Waals surface area contributed by atoms with Crippen molar-refractivity contribution in [2.24, 2.45) is 35.5 Å². The number of ether oxygens (including phenoxy) is 2. The minimum Gasteiger partial charge on any atom is -0.491 e. The second-order valence-corrected chi connectivity index (χ2v) is 14.7. The van der Waals surface area contributed by atoms with Crippen LogP contribution in [-0.4, -0.2) is 19.3 Å². The molecular formula is C32H44O2. The number of rotatable bonds is 6. The zero-order valence-corrected chi connectivity index (χ0v) is 21.5. The van der Waals surface area contributed by atoms with E-state index in [0.29, 0.717) is 22.9 Å². The highest BCUT2D eigenvalue weighted by Gasteiger charge is 2.55. The maximum Gasteiger partial charge on any atom is 0.120 e. The Kier molecular flexibility index (Phi) is 4.51. The first kappa shape index (κ1) is 21.1. The van der Waals surface area contributed by atoms with Crippen molar-refractivity contribution in [1.82, 2.24) is 0 Å². The Bertz CT molecular complexity index is 849. The van der Waals surface area contributed by atoms with Crippen LogP contribution in [0.3, 0.4) is 0 Å². The molecule has 10 rings (SSSR count). The normalized spacial score (nSPS) is 47.6. The van der Waals surface area contributed by atoms with Crippen molar-refractivity contribution in [2.75, 3.05) is 13.2 Å². The fraction of sp³-hybridized carbons (Fsp3) is 0.812. The molecule has 8 aliphatic carbocycles. The van der Waals surface area contributed by atoms with E-state index in [1.165, 1.54) is 82.8 Å². The van der Waals surface area contributed by atoms with E-state index in [4.69, 9.17) is 9.47 Å². The van der Waals surface area contributed by atoms with Crippen molar-refractivity contribution in [1.29, 1.82) is 0 Å². The van der Waals surface area contributed by atoms with Crippen molar-refractivity contribution in [2.45, 2.75) is 114 Å². The second kappa shape index (κ2) is 7.27. The van der Waals surface area contributed by atoms with E-state index in [2.05, 4.69) is 26.0 Å². The van der Waals surface area contributed by atoms with Crippen molar-refractivity contribution in [3.05, 3.63) is 28.8 Å². The van der Waals surface area contributed by atoms with Crippen molar-refractivity contribution in [3.63, 3.8) is 0 Å². The third kappa shape index (κ3) is 3.22. The smallest absolute Gasteiger partial charge is 0.120 e. The molecular weight excluding hydrogens is 416 g/mol. The molecule has 8 saturated carbocycles. The van der Waals surface area contributed by atoms with Crippen LogP contribution in [0.1, 0.15) is 114 Å². The molecule has 0 spiro atoms. The lowest BCUT2D eigenvalue weighted by atomic mass is 9.45. The minimum atomic E-state index is 0.329. The van der Waals surface area contributed by atoms with Crippen LogP contribution in [0.2, 0.25) is 0 Å². The lowest BCUT2D eigenvalue weighted by molar-refractivity contribution is -0.00955. The number of benzene rings is 1. The van der Waals surface area contributed by atoms with Crippen LogP contribution in [0.4, 0.5) is 0 Å². The van der Waals surface area contributed by atoms with E-state index in [1.54, 1.807) is 16.7 Å². The van der Waals surface area contributed by atoms with Crippen LogP contribution >= 0.6 is 0 Å². The Morgan fingerprint density at radius 1 is 0.735 bits per heavy atom. The van der Waals surface area contributed by atoms with Gasteiger partial charge in [0.1, 0.15) is 18.5 Å². The van der Waals surface area contributed by atoms with Crippen LogP contribution in [0.25, 0.3) is 0 Å². The molecule has 0 radical (unpaired) electrons. The fourth-order valence-electron chi connectivity index (χ4n) is 11.4. The number of hydrogen-bond donors (Lipinski definition) is 0. The fourth-order valence-corrected chi connectivity index (χ4v) is 11.4. The molecule has 1 unspecified atom stereocenters. The molecule has 8 bridgehead atoms. The van der Waals surface area contributed by atoms with Crippen molar-refractivity contribution in [3.8, 4) is 5.75 Å². The van der Waals surface area contributed by atoms with E-state index < -0.39 is 0 Å². The summed E-state index contributed by atoms with van der Waals surface area (Å²) in [6, 6.07) is 5.13. The lowest BCUT2D eigenvalue weighted by Crippen LogP contribution is -2.51.